The van der Waals surface area contributed by atoms with Crippen molar-refractivity contribution in [2.24, 2.45) is 7.05 Å². The number of hydrogen-bond acceptors (Lipinski definition) is 5. The Kier molecular flexibility index (Phi) is 5.04. The van der Waals surface area contributed by atoms with E-state index >= 15 is 0 Å². The van der Waals surface area contributed by atoms with E-state index in [1.807, 2.05) is 11.4 Å². The van der Waals surface area contributed by atoms with E-state index in [-0.39, 0.29) is 12.4 Å². The molecule has 0 aliphatic rings. The van der Waals surface area contributed by atoms with Crippen LogP contribution >= 0.6 is 11.3 Å². The molecule has 0 saturated heterocycles. The number of aryl methyl sites for hydroxylation is 1. The highest BCUT2D eigenvalue weighted by atomic mass is 32.1. The van der Waals surface area contributed by atoms with E-state index in [1.54, 1.807) is 43.4 Å². The van der Waals surface area contributed by atoms with Crippen LogP contribution in [-0.4, -0.2) is 27.3 Å². The van der Waals surface area contributed by atoms with Crippen molar-refractivity contribution >= 4 is 17.2 Å². The van der Waals surface area contributed by atoms with Gasteiger partial charge in [-0.3, -0.25) is 9.48 Å². The van der Waals surface area contributed by atoms with Crippen LogP contribution in [0.4, 0.5) is 4.39 Å². The molecule has 0 fully saturated rings. The zero-order valence-corrected chi connectivity index (χ0v) is 16.3. The van der Waals surface area contributed by atoms with Crippen LogP contribution in [0.2, 0.25) is 0 Å². The second kappa shape index (κ2) is 7.65. The van der Waals surface area contributed by atoms with Gasteiger partial charge in [0.2, 0.25) is 0 Å². The number of nitrogens with one attached hydrogen (secondary N) is 1. The number of halogens is 1. The van der Waals surface area contributed by atoms with Crippen LogP contribution < -0.4 is 5.32 Å². The van der Waals surface area contributed by atoms with Gasteiger partial charge in [0.25, 0.3) is 5.91 Å². The fourth-order valence-electron chi connectivity index (χ4n) is 3.06. The first-order chi connectivity index (χ1) is 14.0. The maximum Gasteiger partial charge on any atom is 0.269 e. The Morgan fingerprint density at radius 2 is 2.07 bits per heavy atom. The number of aromatic nitrogens is 2. The number of hydrogen-bond donors (Lipinski definition) is 2. The maximum absolute atomic E-state index is 13.1. The average Bonchev–Trinajstić information content (AvgIpc) is 3.48. The highest BCUT2D eigenvalue weighted by molar-refractivity contribution is 7.10. The minimum atomic E-state index is -1.48. The summed E-state index contributed by atoms with van der Waals surface area (Å²) in [6, 6.07) is 14.5. The summed E-state index contributed by atoms with van der Waals surface area (Å²) >= 11 is 1.37. The third kappa shape index (κ3) is 3.72. The number of thiophene rings is 1. The fraction of sp³-hybridized carbons (Fsp3) is 0.143. The summed E-state index contributed by atoms with van der Waals surface area (Å²) in [4.78, 5) is 13.4. The first-order valence-electron chi connectivity index (χ1n) is 8.86. The van der Waals surface area contributed by atoms with Gasteiger partial charge in [0.15, 0.2) is 5.60 Å². The molecule has 4 rings (SSSR count). The lowest BCUT2D eigenvalue weighted by Crippen LogP contribution is -2.41. The van der Waals surface area contributed by atoms with Crippen LogP contribution in [0.25, 0.3) is 11.3 Å². The van der Waals surface area contributed by atoms with E-state index in [4.69, 9.17) is 4.42 Å². The standard InChI is InChI=1S/C21H18FN3O3S/c1-25-17(12-16(24-25)14-6-8-15(22)9-7-14)20(26)23-13-21(27,18-4-2-10-28-18)19-5-3-11-29-19/h2-12,27H,13H2,1H3,(H,23,26)/t21-/m1/s1. The van der Waals surface area contributed by atoms with E-state index in [0.717, 1.165) is 0 Å². The van der Waals surface area contributed by atoms with Crippen molar-refractivity contribution in [2.45, 2.75) is 5.60 Å². The molecule has 1 atom stereocenters. The van der Waals surface area contributed by atoms with Crippen molar-refractivity contribution in [1.29, 1.82) is 0 Å². The molecular weight excluding hydrogens is 393 g/mol. The molecule has 2 N–H and O–H groups in total. The Hall–Kier alpha value is -3.23. The smallest absolute Gasteiger partial charge is 0.269 e. The van der Waals surface area contributed by atoms with Crippen LogP contribution in [0.1, 0.15) is 21.1 Å². The molecule has 0 spiro atoms. The Morgan fingerprint density at radius 3 is 2.72 bits per heavy atom. The zero-order chi connectivity index (χ0) is 20.4. The molecule has 0 aliphatic carbocycles. The summed E-state index contributed by atoms with van der Waals surface area (Å²) in [7, 11) is 1.65. The topological polar surface area (TPSA) is 80.3 Å². The molecule has 148 valence electrons. The number of aliphatic hydroxyl groups is 1. The van der Waals surface area contributed by atoms with Crippen LogP contribution in [-0.2, 0) is 12.6 Å². The van der Waals surface area contributed by atoms with Crippen molar-refractivity contribution < 1.29 is 18.7 Å². The summed E-state index contributed by atoms with van der Waals surface area (Å²) in [6.07, 6.45) is 1.48. The molecule has 4 aromatic rings. The Labute approximate surface area is 170 Å². The van der Waals surface area contributed by atoms with Gasteiger partial charge in [-0.1, -0.05) is 6.07 Å². The maximum atomic E-state index is 13.1. The molecular formula is C21H18FN3O3S. The van der Waals surface area contributed by atoms with Gasteiger partial charge in [-0.2, -0.15) is 5.10 Å². The second-order valence-corrected chi connectivity index (χ2v) is 7.49. The van der Waals surface area contributed by atoms with Gasteiger partial charge >= 0.3 is 0 Å². The molecule has 0 radical (unpaired) electrons. The second-order valence-electron chi connectivity index (χ2n) is 6.54. The molecule has 0 unspecified atom stereocenters. The normalized spacial score (nSPS) is 13.2. The lowest BCUT2D eigenvalue weighted by molar-refractivity contribution is 0.0551. The van der Waals surface area contributed by atoms with E-state index in [9.17, 15) is 14.3 Å². The predicted octanol–water partition coefficient (Wildman–Crippen LogP) is 3.55. The largest absolute Gasteiger partial charge is 0.466 e. The summed E-state index contributed by atoms with van der Waals surface area (Å²) in [5, 5.41) is 20.2. The first kappa shape index (κ1) is 19.1. The molecule has 0 bridgehead atoms. The van der Waals surface area contributed by atoms with Crippen molar-refractivity contribution in [1.82, 2.24) is 15.1 Å². The number of furan rings is 1. The number of carbonyl (C=O) groups is 1. The van der Waals surface area contributed by atoms with E-state index < -0.39 is 11.5 Å². The SMILES string of the molecule is Cn1nc(-c2ccc(F)cc2)cc1C(=O)NC[C@@](O)(c1ccco1)c1cccs1. The molecule has 0 aliphatic heterocycles. The van der Waals surface area contributed by atoms with Gasteiger partial charge in [0, 0.05) is 17.5 Å². The molecule has 1 aromatic carbocycles. The first-order valence-corrected chi connectivity index (χ1v) is 9.74. The quantitative estimate of drug-likeness (QED) is 0.509. The average molecular weight is 411 g/mol. The highest BCUT2D eigenvalue weighted by Gasteiger charge is 2.36. The van der Waals surface area contributed by atoms with E-state index in [2.05, 4.69) is 10.4 Å². The number of benzene rings is 1. The Bertz CT molecular complexity index is 1070. The summed E-state index contributed by atoms with van der Waals surface area (Å²) in [5.41, 5.74) is 0.0901. The van der Waals surface area contributed by atoms with Gasteiger partial charge < -0.3 is 14.8 Å². The van der Waals surface area contributed by atoms with Crippen molar-refractivity contribution in [3.8, 4) is 11.3 Å². The molecule has 1 amide bonds. The predicted molar refractivity (Wildman–Crippen MR) is 107 cm³/mol. The number of nitrogens with zero attached hydrogens (tertiary/aromatic N) is 2. The van der Waals surface area contributed by atoms with E-state index in [0.29, 0.717) is 27.6 Å². The van der Waals surface area contributed by atoms with E-state index in [1.165, 1.54) is 34.4 Å². The minimum absolute atomic E-state index is 0.0725. The van der Waals surface area contributed by atoms with Crippen LogP contribution in [0.3, 0.4) is 0 Å². The van der Waals surface area contributed by atoms with Crippen molar-refractivity contribution in [3.63, 3.8) is 0 Å². The van der Waals surface area contributed by atoms with Gasteiger partial charge in [0.1, 0.15) is 17.3 Å². The summed E-state index contributed by atoms with van der Waals surface area (Å²) < 4.78 is 20.0. The van der Waals surface area contributed by atoms with Gasteiger partial charge in [-0.25, -0.2) is 4.39 Å². The van der Waals surface area contributed by atoms with Crippen LogP contribution in [0.5, 0.6) is 0 Å². The molecule has 6 nitrogen and oxygen atoms in total. The van der Waals surface area contributed by atoms with Crippen LogP contribution in [0.15, 0.2) is 70.7 Å². The summed E-state index contributed by atoms with van der Waals surface area (Å²) in [6.45, 7) is -0.0725. The lowest BCUT2D eigenvalue weighted by Gasteiger charge is -2.25. The summed E-state index contributed by atoms with van der Waals surface area (Å²) in [5.74, 6) is -0.388. The van der Waals surface area contributed by atoms with Crippen LogP contribution in [0, 0.1) is 5.82 Å². The lowest BCUT2D eigenvalue weighted by atomic mass is 9.98. The Morgan fingerprint density at radius 1 is 1.28 bits per heavy atom. The molecule has 0 saturated carbocycles. The fourth-order valence-corrected chi connectivity index (χ4v) is 3.89. The van der Waals surface area contributed by atoms with Gasteiger partial charge in [-0.05, 0) is 53.9 Å². The molecule has 3 aromatic heterocycles. The third-order valence-corrected chi connectivity index (χ3v) is 5.64. The van der Waals surface area contributed by atoms with Gasteiger partial charge in [0.05, 0.1) is 18.5 Å². The minimum Gasteiger partial charge on any atom is -0.466 e. The number of carbonyl (C=O) groups excluding carboxylic acids is 1. The Balaban J connectivity index is 1.55. The number of amides is 1. The van der Waals surface area contributed by atoms with Gasteiger partial charge in [-0.15, -0.1) is 11.3 Å². The molecule has 29 heavy (non-hydrogen) atoms. The van der Waals surface area contributed by atoms with Crippen molar-refractivity contribution in [3.05, 3.63) is 88.4 Å². The zero-order valence-electron chi connectivity index (χ0n) is 15.5. The molecule has 3 heterocycles. The monoisotopic (exact) mass is 411 g/mol. The third-order valence-electron chi connectivity index (χ3n) is 4.61. The number of rotatable bonds is 6. The van der Waals surface area contributed by atoms with Crippen molar-refractivity contribution in [2.75, 3.05) is 6.54 Å². The molecule has 8 heteroatoms. The highest BCUT2D eigenvalue weighted by Crippen LogP contribution is 2.32.